The molecule has 1 heterocycles. The zero-order valence-corrected chi connectivity index (χ0v) is 17.3. The lowest BCUT2D eigenvalue weighted by Gasteiger charge is -2.14. The first-order chi connectivity index (χ1) is 14.0. The fourth-order valence-corrected chi connectivity index (χ4v) is 3.16. The molecular weight excluding hydrogens is 366 g/mol. The summed E-state index contributed by atoms with van der Waals surface area (Å²) in [6.45, 7) is 5.40. The van der Waals surface area contributed by atoms with Crippen LogP contribution >= 0.6 is 0 Å². The van der Waals surface area contributed by atoms with Gasteiger partial charge in [0.25, 0.3) is 0 Å². The molecule has 1 aromatic heterocycles. The number of ether oxygens (including phenoxy) is 2. The van der Waals surface area contributed by atoms with E-state index >= 15 is 0 Å². The Bertz CT molecular complexity index is 995. The number of hydrogen-bond donors (Lipinski definition) is 2. The number of carbonyl (C=O) groups excluding carboxylic acids is 1. The number of benzene rings is 2. The van der Waals surface area contributed by atoms with Crippen LogP contribution in [0.4, 0.5) is 10.5 Å². The number of nitrogens with zero attached hydrogens (tertiary/aromatic N) is 1. The first-order valence-corrected chi connectivity index (χ1v) is 9.47. The zero-order valence-electron chi connectivity index (χ0n) is 17.3. The summed E-state index contributed by atoms with van der Waals surface area (Å²) in [4.78, 5) is 12.4. The third-order valence-electron chi connectivity index (χ3n) is 4.86. The zero-order chi connectivity index (χ0) is 20.8. The van der Waals surface area contributed by atoms with Crippen LogP contribution in [0.5, 0.6) is 11.5 Å². The molecule has 0 radical (unpaired) electrons. The van der Waals surface area contributed by atoms with Crippen LogP contribution in [0.2, 0.25) is 0 Å². The van der Waals surface area contributed by atoms with Gasteiger partial charge in [0.1, 0.15) is 11.5 Å². The highest BCUT2D eigenvalue weighted by molar-refractivity contribution is 5.91. The summed E-state index contributed by atoms with van der Waals surface area (Å²) in [7, 11) is 3.14. The molecule has 0 saturated heterocycles. The van der Waals surface area contributed by atoms with E-state index in [2.05, 4.69) is 47.2 Å². The van der Waals surface area contributed by atoms with Crippen molar-refractivity contribution in [2.24, 2.45) is 0 Å². The van der Waals surface area contributed by atoms with Crippen LogP contribution in [-0.4, -0.2) is 24.8 Å². The van der Waals surface area contributed by atoms with Crippen LogP contribution in [0.1, 0.15) is 22.4 Å². The molecule has 3 aromatic rings. The van der Waals surface area contributed by atoms with E-state index in [0.717, 1.165) is 12.2 Å². The summed E-state index contributed by atoms with van der Waals surface area (Å²) in [5, 5.41) is 5.73. The van der Waals surface area contributed by atoms with E-state index in [1.807, 2.05) is 18.3 Å². The maximum absolute atomic E-state index is 12.4. The number of rotatable bonds is 7. The monoisotopic (exact) mass is 393 g/mol. The molecule has 0 spiro atoms. The number of aromatic nitrogens is 1. The quantitative estimate of drug-likeness (QED) is 0.622. The molecule has 0 aliphatic rings. The molecule has 3 rings (SSSR count). The Hall–Kier alpha value is -3.41. The van der Waals surface area contributed by atoms with Crippen molar-refractivity contribution in [2.75, 3.05) is 19.5 Å². The van der Waals surface area contributed by atoms with Gasteiger partial charge in [0.05, 0.1) is 26.5 Å². The van der Waals surface area contributed by atoms with Crippen molar-refractivity contribution in [1.82, 2.24) is 9.88 Å². The predicted molar refractivity (Wildman–Crippen MR) is 115 cm³/mol. The van der Waals surface area contributed by atoms with Gasteiger partial charge in [-0.05, 0) is 49.2 Å². The Morgan fingerprint density at radius 1 is 1.03 bits per heavy atom. The fraction of sp³-hybridized carbons (Fsp3) is 0.261. The minimum absolute atomic E-state index is 0.298. The normalized spacial score (nSPS) is 10.5. The van der Waals surface area contributed by atoms with Crippen molar-refractivity contribution in [1.29, 1.82) is 0 Å². The molecule has 152 valence electrons. The first kappa shape index (κ1) is 20.3. The van der Waals surface area contributed by atoms with Gasteiger partial charge in [0.2, 0.25) is 0 Å². The Morgan fingerprint density at radius 3 is 2.62 bits per heavy atom. The topological polar surface area (TPSA) is 64.5 Å². The van der Waals surface area contributed by atoms with Gasteiger partial charge in [-0.15, -0.1) is 0 Å². The van der Waals surface area contributed by atoms with Crippen molar-refractivity contribution >= 4 is 11.7 Å². The van der Waals surface area contributed by atoms with Crippen LogP contribution < -0.4 is 20.1 Å². The van der Waals surface area contributed by atoms with E-state index in [1.165, 1.54) is 16.7 Å². The number of hydrogen-bond acceptors (Lipinski definition) is 3. The van der Waals surface area contributed by atoms with Gasteiger partial charge in [0, 0.05) is 24.5 Å². The Morgan fingerprint density at radius 2 is 1.86 bits per heavy atom. The summed E-state index contributed by atoms with van der Waals surface area (Å²) in [6, 6.07) is 15.4. The van der Waals surface area contributed by atoms with Crippen molar-refractivity contribution in [3.8, 4) is 11.5 Å². The minimum Gasteiger partial charge on any atom is -0.497 e. The van der Waals surface area contributed by atoms with Crippen LogP contribution in [0, 0.1) is 13.8 Å². The average Bonchev–Trinajstić information content (AvgIpc) is 3.16. The highest BCUT2D eigenvalue weighted by Crippen LogP contribution is 2.28. The third kappa shape index (κ3) is 5.10. The summed E-state index contributed by atoms with van der Waals surface area (Å²) >= 11 is 0. The Labute approximate surface area is 171 Å². The van der Waals surface area contributed by atoms with Crippen LogP contribution in [0.3, 0.4) is 0 Å². The summed E-state index contributed by atoms with van der Waals surface area (Å²) < 4.78 is 12.6. The van der Waals surface area contributed by atoms with Gasteiger partial charge in [-0.3, -0.25) is 0 Å². The van der Waals surface area contributed by atoms with Gasteiger partial charge in [-0.2, -0.15) is 0 Å². The molecule has 6 heteroatoms. The molecule has 2 aromatic carbocycles. The SMILES string of the molecule is COc1ccc(NC(=O)NCc2cccn2Cc2cc(C)ccc2C)c(OC)c1. The molecule has 0 unspecified atom stereocenters. The molecule has 0 fully saturated rings. The number of methoxy groups -OCH3 is 2. The highest BCUT2D eigenvalue weighted by Gasteiger charge is 2.10. The molecule has 29 heavy (non-hydrogen) atoms. The number of urea groups is 1. The summed E-state index contributed by atoms with van der Waals surface area (Å²) in [5.74, 6) is 1.20. The molecule has 0 aliphatic heterocycles. The minimum atomic E-state index is -0.298. The lowest BCUT2D eigenvalue weighted by molar-refractivity contribution is 0.251. The second-order valence-electron chi connectivity index (χ2n) is 6.93. The molecule has 0 atom stereocenters. The van der Waals surface area contributed by atoms with Crippen molar-refractivity contribution in [3.05, 3.63) is 77.1 Å². The number of aryl methyl sites for hydroxylation is 2. The highest BCUT2D eigenvalue weighted by atomic mass is 16.5. The van der Waals surface area contributed by atoms with Crippen molar-refractivity contribution in [2.45, 2.75) is 26.9 Å². The number of anilines is 1. The fourth-order valence-electron chi connectivity index (χ4n) is 3.16. The van der Waals surface area contributed by atoms with Crippen LogP contribution in [0.15, 0.2) is 54.7 Å². The molecule has 0 aliphatic carbocycles. The van der Waals surface area contributed by atoms with Gasteiger partial charge in [-0.25, -0.2) is 4.79 Å². The molecule has 2 amide bonds. The lowest BCUT2D eigenvalue weighted by atomic mass is 10.1. The molecule has 0 bridgehead atoms. The second-order valence-corrected chi connectivity index (χ2v) is 6.93. The van der Waals surface area contributed by atoms with E-state index in [4.69, 9.17) is 9.47 Å². The van der Waals surface area contributed by atoms with E-state index < -0.39 is 0 Å². The van der Waals surface area contributed by atoms with Gasteiger partial charge < -0.3 is 24.7 Å². The molecular formula is C23H27N3O3. The van der Waals surface area contributed by atoms with Gasteiger partial charge >= 0.3 is 6.03 Å². The van der Waals surface area contributed by atoms with Gasteiger partial charge in [0.15, 0.2) is 0 Å². The Balaban J connectivity index is 1.63. The smallest absolute Gasteiger partial charge is 0.319 e. The van der Waals surface area contributed by atoms with Crippen molar-refractivity contribution in [3.63, 3.8) is 0 Å². The standard InChI is InChI=1S/C23H27N3O3/c1-16-7-8-17(2)18(12-16)15-26-11-5-6-19(26)14-24-23(27)25-21-10-9-20(28-3)13-22(21)29-4/h5-13H,14-15H2,1-4H3,(H2,24,25,27). The van der Waals surface area contributed by atoms with E-state index in [-0.39, 0.29) is 6.03 Å². The number of nitrogens with one attached hydrogen (secondary N) is 2. The third-order valence-corrected chi connectivity index (χ3v) is 4.86. The number of carbonyl (C=O) groups is 1. The van der Waals surface area contributed by atoms with Crippen molar-refractivity contribution < 1.29 is 14.3 Å². The van der Waals surface area contributed by atoms with Crippen LogP contribution in [-0.2, 0) is 13.1 Å². The second kappa shape index (κ2) is 9.19. The maximum atomic E-state index is 12.4. The largest absolute Gasteiger partial charge is 0.497 e. The molecule has 2 N–H and O–H groups in total. The predicted octanol–water partition coefficient (Wildman–Crippen LogP) is 4.49. The van der Waals surface area contributed by atoms with E-state index in [1.54, 1.807) is 32.4 Å². The molecule has 6 nitrogen and oxygen atoms in total. The van der Waals surface area contributed by atoms with E-state index in [9.17, 15) is 4.79 Å². The van der Waals surface area contributed by atoms with Gasteiger partial charge in [-0.1, -0.05) is 23.8 Å². The maximum Gasteiger partial charge on any atom is 0.319 e. The van der Waals surface area contributed by atoms with Crippen LogP contribution in [0.25, 0.3) is 0 Å². The number of amides is 2. The first-order valence-electron chi connectivity index (χ1n) is 9.47. The van der Waals surface area contributed by atoms with E-state index in [0.29, 0.717) is 23.7 Å². The molecule has 0 saturated carbocycles. The summed E-state index contributed by atoms with van der Waals surface area (Å²) in [5.41, 5.74) is 5.38. The lowest BCUT2D eigenvalue weighted by Crippen LogP contribution is -2.29. The Kier molecular flexibility index (Phi) is 6.44. The summed E-state index contributed by atoms with van der Waals surface area (Å²) in [6.07, 6.45) is 2.03. The average molecular weight is 393 g/mol.